The maximum Gasteiger partial charge on any atom is 0.337 e. The van der Waals surface area contributed by atoms with Gasteiger partial charge in [-0.2, -0.15) is 0 Å². The summed E-state index contributed by atoms with van der Waals surface area (Å²) in [6.07, 6.45) is 3.37. The third-order valence-electron chi connectivity index (χ3n) is 3.05. The Morgan fingerprint density at radius 1 is 1.33 bits per heavy atom. The molecular formula is C14H9BrClN3O2. The van der Waals surface area contributed by atoms with Gasteiger partial charge in [0.1, 0.15) is 11.2 Å². The van der Waals surface area contributed by atoms with Crippen LogP contribution in [0.1, 0.15) is 10.4 Å². The largest absolute Gasteiger partial charge is 0.465 e. The number of ether oxygens (including phenoxy) is 1. The molecule has 0 spiro atoms. The lowest BCUT2D eigenvalue weighted by molar-refractivity contribution is 0.0601. The van der Waals surface area contributed by atoms with E-state index in [1.165, 1.54) is 7.11 Å². The van der Waals surface area contributed by atoms with Gasteiger partial charge in [-0.1, -0.05) is 23.7 Å². The van der Waals surface area contributed by atoms with E-state index in [2.05, 4.69) is 30.6 Å². The first-order chi connectivity index (χ1) is 10.1. The molecule has 3 rings (SSSR count). The fraction of sp³-hybridized carbons (Fsp3) is 0.0714. The van der Waals surface area contributed by atoms with Gasteiger partial charge in [0.2, 0.25) is 0 Å². The number of benzene rings is 1. The van der Waals surface area contributed by atoms with Gasteiger partial charge in [-0.3, -0.25) is 4.40 Å². The quantitative estimate of drug-likeness (QED) is 0.650. The van der Waals surface area contributed by atoms with Crippen molar-refractivity contribution in [3.8, 4) is 11.3 Å². The van der Waals surface area contributed by atoms with E-state index in [0.717, 1.165) is 5.56 Å². The third kappa shape index (κ3) is 2.41. The van der Waals surface area contributed by atoms with Crippen molar-refractivity contribution in [1.82, 2.24) is 14.4 Å². The highest BCUT2D eigenvalue weighted by molar-refractivity contribution is 9.10. The zero-order valence-electron chi connectivity index (χ0n) is 10.9. The average molecular weight is 367 g/mol. The second-order valence-electron chi connectivity index (χ2n) is 4.24. The molecule has 0 saturated heterocycles. The standard InChI is InChI=1S/C14H9BrClN3O2/c1-21-13(20)9-4-2-8(3-5-9)10-11-12(16)17-6-7-19(11)14(15)18-10/h2-7H,1H3. The van der Waals surface area contributed by atoms with Crippen LogP contribution in [0.15, 0.2) is 41.4 Å². The second-order valence-corrected chi connectivity index (χ2v) is 5.30. The average Bonchev–Trinajstić information content (AvgIpc) is 2.85. The molecule has 0 aliphatic rings. The zero-order valence-corrected chi connectivity index (χ0v) is 13.2. The van der Waals surface area contributed by atoms with Gasteiger partial charge in [-0.05, 0) is 28.1 Å². The van der Waals surface area contributed by atoms with Crippen molar-refractivity contribution < 1.29 is 9.53 Å². The van der Waals surface area contributed by atoms with Crippen LogP contribution in [0, 0.1) is 0 Å². The minimum absolute atomic E-state index is 0.364. The summed E-state index contributed by atoms with van der Waals surface area (Å²) in [6, 6.07) is 6.96. The molecule has 0 radical (unpaired) electrons. The number of fused-ring (bicyclic) bond motifs is 1. The number of rotatable bonds is 2. The SMILES string of the molecule is COC(=O)c1ccc(-c2nc(Br)n3ccnc(Cl)c23)cc1. The molecule has 0 amide bonds. The molecular weight excluding hydrogens is 358 g/mol. The summed E-state index contributed by atoms with van der Waals surface area (Å²) < 4.78 is 7.12. The van der Waals surface area contributed by atoms with E-state index < -0.39 is 0 Å². The van der Waals surface area contributed by atoms with Gasteiger partial charge in [-0.25, -0.2) is 14.8 Å². The Morgan fingerprint density at radius 2 is 2.05 bits per heavy atom. The molecule has 0 saturated carbocycles. The predicted octanol–water partition coefficient (Wildman–Crippen LogP) is 3.60. The Bertz CT molecular complexity index is 830. The predicted molar refractivity (Wildman–Crippen MR) is 82.5 cm³/mol. The maximum absolute atomic E-state index is 11.5. The molecule has 0 fully saturated rings. The second kappa shape index (κ2) is 5.46. The first-order valence-corrected chi connectivity index (χ1v) is 7.15. The number of hydrogen-bond acceptors (Lipinski definition) is 4. The summed E-state index contributed by atoms with van der Waals surface area (Å²) in [5.74, 6) is -0.378. The number of halogens is 2. The lowest BCUT2D eigenvalue weighted by Crippen LogP contribution is -2.00. The molecule has 0 aliphatic carbocycles. The monoisotopic (exact) mass is 365 g/mol. The maximum atomic E-state index is 11.5. The van der Waals surface area contributed by atoms with Crippen molar-refractivity contribution in [3.05, 3.63) is 52.1 Å². The Balaban J connectivity index is 2.15. The Hall–Kier alpha value is -1.92. The summed E-state index contributed by atoms with van der Waals surface area (Å²) in [7, 11) is 1.35. The molecule has 0 aliphatic heterocycles. The minimum Gasteiger partial charge on any atom is -0.465 e. The van der Waals surface area contributed by atoms with Crippen LogP contribution in [-0.2, 0) is 4.74 Å². The summed E-state index contributed by atoms with van der Waals surface area (Å²) in [6.45, 7) is 0. The molecule has 5 nitrogen and oxygen atoms in total. The first kappa shape index (κ1) is 14.0. The zero-order chi connectivity index (χ0) is 15.0. The van der Waals surface area contributed by atoms with Crippen molar-refractivity contribution in [3.63, 3.8) is 0 Å². The number of hydrogen-bond donors (Lipinski definition) is 0. The van der Waals surface area contributed by atoms with Crippen LogP contribution in [0.3, 0.4) is 0 Å². The highest BCUT2D eigenvalue weighted by atomic mass is 79.9. The van der Waals surface area contributed by atoms with Crippen LogP contribution >= 0.6 is 27.5 Å². The van der Waals surface area contributed by atoms with Gasteiger partial charge in [0.05, 0.1) is 12.7 Å². The number of aromatic nitrogens is 3. The van der Waals surface area contributed by atoms with Crippen molar-refractivity contribution in [2.24, 2.45) is 0 Å². The molecule has 1 aromatic carbocycles. The lowest BCUT2D eigenvalue weighted by Gasteiger charge is -2.02. The summed E-state index contributed by atoms with van der Waals surface area (Å²) in [4.78, 5) is 20.0. The first-order valence-electron chi connectivity index (χ1n) is 5.98. The summed E-state index contributed by atoms with van der Waals surface area (Å²) >= 11 is 9.55. The Morgan fingerprint density at radius 3 is 2.71 bits per heavy atom. The summed E-state index contributed by atoms with van der Waals surface area (Å²) in [5.41, 5.74) is 2.71. The van der Waals surface area contributed by atoms with Crippen LogP contribution in [0.25, 0.3) is 16.8 Å². The fourth-order valence-corrected chi connectivity index (χ4v) is 2.76. The highest BCUT2D eigenvalue weighted by Gasteiger charge is 2.15. The van der Waals surface area contributed by atoms with Crippen LogP contribution in [0.4, 0.5) is 0 Å². The molecule has 21 heavy (non-hydrogen) atoms. The number of carbonyl (C=O) groups is 1. The summed E-state index contributed by atoms with van der Waals surface area (Å²) in [5, 5.41) is 0.364. The minimum atomic E-state index is -0.378. The van der Waals surface area contributed by atoms with Gasteiger partial charge in [-0.15, -0.1) is 0 Å². The number of methoxy groups -OCH3 is 1. The van der Waals surface area contributed by atoms with E-state index in [0.29, 0.717) is 26.7 Å². The van der Waals surface area contributed by atoms with E-state index in [4.69, 9.17) is 11.6 Å². The smallest absolute Gasteiger partial charge is 0.337 e. The van der Waals surface area contributed by atoms with Gasteiger partial charge < -0.3 is 4.74 Å². The normalized spacial score (nSPS) is 10.8. The van der Waals surface area contributed by atoms with E-state index >= 15 is 0 Å². The van der Waals surface area contributed by atoms with E-state index in [1.807, 2.05) is 0 Å². The third-order valence-corrected chi connectivity index (χ3v) is 3.88. The fourth-order valence-electron chi connectivity index (χ4n) is 2.05. The van der Waals surface area contributed by atoms with Gasteiger partial charge in [0.25, 0.3) is 0 Å². The lowest BCUT2D eigenvalue weighted by atomic mass is 10.1. The number of carbonyl (C=O) groups excluding carboxylic acids is 1. The molecule has 3 aromatic rings. The number of imidazole rings is 1. The van der Waals surface area contributed by atoms with E-state index in [9.17, 15) is 4.79 Å². The molecule has 7 heteroatoms. The molecule has 0 bridgehead atoms. The van der Waals surface area contributed by atoms with Crippen LogP contribution in [0.2, 0.25) is 5.15 Å². The van der Waals surface area contributed by atoms with E-state index in [-0.39, 0.29) is 5.97 Å². The van der Waals surface area contributed by atoms with E-state index in [1.54, 1.807) is 41.1 Å². The van der Waals surface area contributed by atoms with Crippen LogP contribution < -0.4 is 0 Å². The van der Waals surface area contributed by atoms with Gasteiger partial charge in [0.15, 0.2) is 9.89 Å². The van der Waals surface area contributed by atoms with Gasteiger partial charge >= 0.3 is 5.97 Å². The number of esters is 1. The van der Waals surface area contributed by atoms with Crippen molar-refractivity contribution in [2.45, 2.75) is 0 Å². The molecule has 106 valence electrons. The van der Waals surface area contributed by atoms with Crippen LogP contribution in [0.5, 0.6) is 0 Å². The Labute approximate surface area is 133 Å². The van der Waals surface area contributed by atoms with Gasteiger partial charge in [0, 0.05) is 18.0 Å². The Kier molecular flexibility index (Phi) is 3.65. The van der Waals surface area contributed by atoms with Crippen molar-refractivity contribution >= 4 is 39.0 Å². The molecule has 2 aromatic heterocycles. The number of nitrogens with zero attached hydrogens (tertiary/aromatic N) is 3. The topological polar surface area (TPSA) is 56.5 Å². The molecule has 0 atom stereocenters. The molecule has 0 unspecified atom stereocenters. The molecule has 0 N–H and O–H groups in total. The van der Waals surface area contributed by atoms with Crippen molar-refractivity contribution in [1.29, 1.82) is 0 Å². The van der Waals surface area contributed by atoms with Crippen molar-refractivity contribution in [2.75, 3.05) is 7.11 Å². The van der Waals surface area contributed by atoms with Crippen LogP contribution in [-0.4, -0.2) is 27.4 Å². The highest BCUT2D eigenvalue weighted by Crippen LogP contribution is 2.30. The molecule has 2 heterocycles.